The van der Waals surface area contributed by atoms with E-state index in [0.29, 0.717) is 12.1 Å². The van der Waals surface area contributed by atoms with Crippen LogP contribution < -0.4 is 5.32 Å². The smallest absolute Gasteiger partial charge is 0.251 e. The molecule has 100 valence electrons. The minimum absolute atomic E-state index is 0.00724. The maximum absolute atomic E-state index is 11.7. The third-order valence-corrected chi connectivity index (χ3v) is 3.60. The molecule has 0 saturated heterocycles. The largest absolute Gasteiger partial charge is 0.396 e. The molecule has 0 aliphatic heterocycles. The van der Waals surface area contributed by atoms with Gasteiger partial charge in [0.2, 0.25) is 0 Å². The van der Waals surface area contributed by atoms with Crippen LogP contribution in [-0.2, 0) is 9.84 Å². The van der Waals surface area contributed by atoms with E-state index in [9.17, 15) is 13.2 Å². The van der Waals surface area contributed by atoms with Crippen molar-refractivity contribution in [3.05, 3.63) is 29.8 Å². The summed E-state index contributed by atoms with van der Waals surface area (Å²) >= 11 is 0. The average molecular weight is 271 g/mol. The first-order valence-electron chi connectivity index (χ1n) is 5.53. The lowest BCUT2D eigenvalue weighted by Gasteiger charge is -2.09. The highest BCUT2D eigenvalue weighted by molar-refractivity contribution is 7.90. The van der Waals surface area contributed by atoms with Gasteiger partial charge in [-0.15, -0.1) is 0 Å². The lowest BCUT2D eigenvalue weighted by molar-refractivity contribution is 0.0942. The summed E-state index contributed by atoms with van der Waals surface area (Å²) in [6.45, 7) is 2.20. The fraction of sp³-hybridized carbons (Fsp3) is 0.417. The number of aliphatic hydroxyl groups is 1. The fourth-order valence-corrected chi connectivity index (χ4v) is 1.92. The minimum atomic E-state index is -3.24. The van der Waals surface area contributed by atoms with E-state index in [0.717, 1.165) is 6.26 Å². The van der Waals surface area contributed by atoms with Gasteiger partial charge in [-0.1, -0.05) is 6.92 Å². The first kappa shape index (κ1) is 14.7. The summed E-state index contributed by atoms with van der Waals surface area (Å²) in [5.74, 6) is -0.292. The molecule has 0 bridgehead atoms. The van der Waals surface area contributed by atoms with Gasteiger partial charge >= 0.3 is 0 Å². The molecule has 0 fully saturated rings. The standard InChI is InChI=1S/C12H17NO4S/c1-9(8-14)7-13-12(15)10-3-5-11(6-4-10)18(2,16)17/h3-6,9,14H,7-8H2,1-2H3,(H,13,15). The zero-order chi connectivity index (χ0) is 13.8. The molecule has 1 aromatic carbocycles. The highest BCUT2D eigenvalue weighted by Crippen LogP contribution is 2.10. The normalized spacial score (nSPS) is 13.1. The van der Waals surface area contributed by atoms with Crippen molar-refractivity contribution in [1.82, 2.24) is 5.32 Å². The fourth-order valence-electron chi connectivity index (χ4n) is 1.29. The van der Waals surface area contributed by atoms with Crippen LogP contribution in [0.3, 0.4) is 0 Å². The SMILES string of the molecule is CC(CO)CNC(=O)c1ccc(S(C)(=O)=O)cc1. The number of amides is 1. The Kier molecular flexibility index (Phi) is 4.86. The van der Waals surface area contributed by atoms with Gasteiger partial charge in [-0.25, -0.2) is 8.42 Å². The third kappa shape index (κ3) is 4.12. The molecule has 0 aromatic heterocycles. The topological polar surface area (TPSA) is 83.5 Å². The molecular formula is C12H17NO4S. The second kappa shape index (κ2) is 5.97. The molecule has 0 spiro atoms. The number of carbonyl (C=O) groups excluding carboxylic acids is 1. The summed E-state index contributed by atoms with van der Waals surface area (Å²) in [7, 11) is -3.24. The molecular weight excluding hydrogens is 254 g/mol. The highest BCUT2D eigenvalue weighted by Gasteiger charge is 2.10. The number of nitrogens with one attached hydrogen (secondary N) is 1. The summed E-state index contributed by atoms with van der Waals surface area (Å²) in [6, 6.07) is 5.74. The van der Waals surface area contributed by atoms with Gasteiger partial charge in [-0.2, -0.15) is 0 Å². The van der Waals surface area contributed by atoms with Crippen molar-refractivity contribution < 1.29 is 18.3 Å². The van der Waals surface area contributed by atoms with Crippen molar-refractivity contribution in [3.8, 4) is 0 Å². The lowest BCUT2D eigenvalue weighted by Crippen LogP contribution is -2.29. The molecule has 0 saturated carbocycles. The van der Waals surface area contributed by atoms with E-state index in [1.54, 1.807) is 0 Å². The molecule has 6 heteroatoms. The summed E-state index contributed by atoms with van der Waals surface area (Å²) < 4.78 is 22.5. The molecule has 1 rings (SSSR count). The van der Waals surface area contributed by atoms with Crippen LogP contribution in [0.1, 0.15) is 17.3 Å². The second-order valence-electron chi connectivity index (χ2n) is 4.29. The van der Waals surface area contributed by atoms with Crippen molar-refractivity contribution in [3.63, 3.8) is 0 Å². The molecule has 1 amide bonds. The van der Waals surface area contributed by atoms with E-state index in [4.69, 9.17) is 5.11 Å². The Labute approximate surface area is 107 Å². The van der Waals surface area contributed by atoms with Crippen molar-refractivity contribution in [1.29, 1.82) is 0 Å². The average Bonchev–Trinajstić information content (AvgIpc) is 2.34. The molecule has 1 atom stereocenters. The van der Waals surface area contributed by atoms with E-state index >= 15 is 0 Å². The summed E-state index contributed by atoms with van der Waals surface area (Å²) in [4.78, 5) is 11.9. The Morgan fingerprint density at radius 2 is 1.89 bits per heavy atom. The number of sulfone groups is 1. The predicted octanol–water partition coefficient (Wildman–Crippen LogP) is 0.448. The molecule has 18 heavy (non-hydrogen) atoms. The van der Waals surface area contributed by atoms with Crippen molar-refractivity contribution >= 4 is 15.7 Å². The Morgan fingerprint density at radius 1 is 1.33 bits per heavy atom. The van der Waals surface area contributed by atoms with E-state index < -0.39 is 9.84 Å². The maximum Gasteiger partial charge on any atom is 0.251 e. The quantitative estimate of drug-likeness (QED) is 0.814. The van der Waals surface area contributed by atoms with Crippen molar-refractivity contribution in [2.24, 2.45) is 5.92 Å². The van der Waals surface area contributed by atoms with E-state index in [-0.39, 0.29) is 23.3 Å². The van der Waals surface area contributed by atoms with Gasteiger partial charge in [0, 0.05) is 25.0 Å². The summed E-state index contributed by atoms with van der Waals surface area (Å²) in [5.41, 5.74) is 0.396. The first-order chi connectivity index (χ1) is 8.34. The van der Waals surface area contributed by atoms with Gasteiger partial charge in [-0.05, 0) is 30.2 Å². The number of rotatable bonds is 5. The molecule has 2 N–H and O–H groups in total. The maximum atomic E-state index is 11.7. The van der Waals surface area contributed by atoms with Gasteiger partial charge in [-0.3, -0.25) is 4.79 Å². The third-order valence-electron chi connectivity index (χ3n) is 2.47. The zero-order valence-electron chi connectivity index (χ0n) is 10.4. The Hall–Kier alpha value is -1.40. The monoisotopic (exact) mass is 271 g/mol. The molecule has 0 radical (unpaired) electrons. The van der Waals surface area contributed by atoms with Gasteiger partial charge < -0.3 is 10.4 Å². The Morgan fingerprint density at radius 3 is 2.33 bits per heavy atom. The van der Waals surface area contributed by atoms with Crippen LogP contribution in [0.2, 0.25) is 0 Å². The highest BCUT2D eigenvalue weighted by atomic mass is 32.2. The van der Waals surface area contributed by atoms with Gasteiger partial charge in [0.05, 0.1) is 4.90 Å². The van der Waals surface area contributed by atoms with Gasteiger partial charge in [0.25, 0.3) is 5.91 Å². The minimum Gasteiger partial charge on any atom is -0.396 e. The van der Waals surface area contributed by atoms with Crippen LogP contribution >= 0.6 is 0 Å². The molecule has 1 unspecified atom stereocenters. The molecule has 0 aliphatic carbocycles. The number of aliphatic hydroxyl groups excluding tert-OH is 1. The second-order valence-corrected chi connectivity index (χ2v) is 6.31. The van der Waals surface area contributed by atoms with Crippen LogP contribution in [0.15, 0.2) is 29.2 Å². The molecule has 0 heterocycles. The van der Waals surface area contributed by atoms with E-state index in [1.165, 1.54) is 24.3 Å². The summed E-state index contributed by atoms with van der Waals surface area (Å²) in [5, 5.41) is 11.5. The van der Waals surface area contributed by atoms with Crippen LogP contribution in [0, 0.1) is 5.92 Å². The number of hydrogen-bond donors (Lipinski definition) is 2. The van der Waals surface area contributed by atoms with Gasteiger partial charge in [0.15, 0.2) is 9.84 Å². The molecule has 1 aromatic rings. The van der Waals surface area contributed by atoms with E-state index in [2.05, 4.69) is 5.32 Å². The Bertz CT molecular complexity index is 507. The molecule has 0 aliphatic rings. The van der Waals surface area contributed by atoms with Gasteiger partial charge in [0.1, 0.15) is 0 Å². The lowest BCUT2D eigenvalue weighted by atomic mass is 10.2. The number of carbonyl (C=O) groups is 1. The number of benzene rings is 1. The summed E-state index contributed by atoms with van der Waals surface area (Å²) in [6.07, 6.45) is 1.12. The number of hydrogen-bond acceptors (Lipinski definition) is 4. The van der Waals surface area contributed by atoms with Crippen LogP contribution in [-0.4, -0.2) is 38.8 Å². The van der Waals surface area contributed by atoms with Crippen LogP contribution in [0.4, 0.5) is 0 Å². The Balaban J connectivity index is 2.71. The predicted molar refractivity (Wildman–Crippen MR) is 68.1 cm³/mol. The van der Waals surface area contributed by atoms with Crippen molar-refractivity contribution in [2.45, 2.75) is 11.8 Å². The van der Waals surface area contributed by atoms with Crippen molar-refractivity contribution in [2.75, 3.05) is 19.4 Å². The molecule has 5 nitrogen and oxygen atoms in total. The van der Waals surface area contributed by atoms with E-state index in [1.807, 2.05) is 6.92 Å². The van der Waals surface area contributed by atoms with Crippen LogP contribution in [0.25, 0.3) is 0 Å². The van der Waals surface area contributed by atoms with Crippen LogP contribution in [0.5, 0.6) is 0 Å². The zero-order valence-corrected chi connectivity index (χ0v) is 11.2. The first-order valence-corrected chi connectivity index (χ1v) is 7.43.